The number of benzene rings is 1. The predicted octanol–water partition coefficient (Wildman–Crippen LogP) is 1.88. The summed E-state index contributed by atoms with van der Waals surface area (Å²) in [5.74, 6) is 0.849. The second-order valence-corrected chi connectivity index (χ2v) is 5.30. The minimum atomic E-state index is 0.0444. The van der Waals surface area contributed by atoms with Crippen LogP contribution >= 0.6 is 11.8 Å². The third kappa shape index (κ3) is 5.24. The van der Waals surface area contributed by atoms with Gasteiger partial charge in [-0.15, -0.1) is 11.8 Å². The zero-order valence-corrected chi connectivity index (χ0v) is 11.2. The van der Waals surface area contributed by atoms with Crippen LogP contribution in [-0.4, -0.2) is 24.2 Å². The summed E-state index contributed by atoms with van der Waals surface area (Å²) in [7, 11) is 0. The lowest BCUT2D eigenvalue weighted by Crippen LogP contribution is -2.44. The highest BCUT2D eigenvalue weighted by molar-refractivity contribution is 8.00. The zero-order chi connectivity index (χ0) is 12.7. The molecule has 0 aromatic heterocycles. The van der Waals surface area contributed by atoms with E-state index in [1.165, 1.54) is 11.8 Å². The van der Waals surface area contributed by atoms with Gasteiger partial charge in [-0.2, -0.15) is 0 Å². The van der Waals surface area contributed by atoms with E-state index in [0.29, 0.717) is 18.2 Å². The second-order valence-electron chi connectivity index (χ2n) is 4.26. The smallest absolute Gasteiger partial charge is 0.230 e. The molecule has 0 fully saturated rings. The van der Waals surface area contributed by atoms with Crippen molar-refractivity contribution in [3.05, 3.63) is 30.3 Å². The number of thioether (sulfide) groups is 1. The van der Waals surface area contributed by atoms with E-state index in [0.717, 1.165) is 4.90 Å². The Bertz CT molecular complexity index is 341. The molecule has 1 aromatic rings. The van der Waals surface area contributed by atoms with Crippen molar-refractivity contribution >= 4 is 17.7 Å². The standard InChI is InChI=1S/C13H20N2OS/c1-10(2)12(8-14)15-13(16)9-17-11-6-4-3-5-7-11/h3-7,10,12H,8-9,14H2,1-2H3,(H,15,16). The molecule has 1 aromatic carbocycles. The van der Waals surface area contributed by atoms with Crippen LogP contribution in [0.3, 0.4) is 0 Å². The fraction of sp³-hybridized carbons (Fsp3) is 0.462. The fourth-order valence-electron chi connectivity index (χ4n) is 1.41. The Balaban J connectivity index is 2.35. The van der Waals surface area contributed by atoms with E-state index in [1.807, 2.05) is 30.3 Å². The quantitative estimate of drug-likeness (QED) is 0.760. The Hall–Kier alpha value is -1.00. The lowest BCUT2D eigenvalue weighted by atomic mass is 10.1. The monoisotopic (exact) mass is 252 g/mol. The summed E-state index contributed by atoms with van der Waals surface area (Å²) in [4.78, 5) is 12.8. The van der Waals surface area contributed by atoms with Crippen molar-refractivity contribution in [3.8, 4) is 0 Å². The molecule has 0 radical (unpaired) electrons. The average molecular weight is 252 g/mol. The molecule has 0 saturated heterocycles. The largest absolute Gasteiger partial charge is 0.351 e. The molecule has 17 heavy (non-hydrogen) atoms. The third-order valence-electron chi connectivity index (χ3n) is 2.52. The van der Waals surface area contributed by atoms with Crippen molar-refractivity contribution in [1.29, 1.82) is 0 Å². The number of amides is 1. The molecule has 3 nitrogen and oxygen atoms in total. The fourth-order valence-corrected chi connectivity index (χ4v) is 2.14. The van der Waals surface area contributed by atoms with Crippen LogP contribution in [0.15, 0.2) is 35.2 Å². The molecule has 3 N–H and O–H groups in total. The predicted molar refractivity (Wildman–Crippen MR) is 73.0 cm³/mol. The van der Waals surface area contributed by atoms with Gasteiger partial charge in [0.15, 0.2) is 0 Å². The number of hydrogen-bond donors (Lipinski definition) is 2. The molecule has 0 saturated carbocycles. The minimum Gasteiger partial charge on any atom is -0.351 e. The van der Waals surface area contributed by atoms with Gasteiger partial charge in [0, 0.05) is 17.5 Å². The Morgan fingerprint density at radius 3 is 2.53 bits per heavy atom. The minimum absolute atomic E-state index is 0.0444. The highest BCUT2D eigenvalue weighted by Crippen LogP contribution is 2.16. The van der Waals surface area contributed by atoms with Crippen LogP contribution in [-0.2, 0) is 4.79 Å². The van der Waals surface area contributed by atoms with E-state index in [-0.39, 0.29) is 11.9 Å². The molecule has 1 unspecified atom stereocenters. The molecule has 4 heteroatoms. The second kappa shape index (κ2) is 7.35. The van der Waals surface area contributed by atoms with Gasteiger partial charge in [-0.1, -0.05) is 32.0 Å². The van der Waals surface area contributed by atoms with Gasteiger partial charge in [0.05, 0.1) is 5.75 Å². The highest BCUT2D eigenvalue weighted by atomic mass is 32.2. The molecule has 0 heterocycles. The number of nitrogens with two attached hydrogens (primary N) is 1. The van der Waals surface area contributed by atoms with Crippen molar-refractivity contribution in [3.63, 3.8) is 0 Å². The van der Waals surface area contributed by atoms with Crippen molar-refractivity contribution in [2.24, 2.45) is 11.7 Å². The average Bonchev–Trinajstić information content (AvgIpc) is 2.34. The van der Waals surface area contributed by atoms with Crippen LogP contribution in [0, 0.1) is 5.92 Å². The van der Waals surface area contributed by atoms with Gasteiger partial charge >= 0.3 is 0 Å². The van der Waals surface area contributed by atoms with Crippen LogP contribution in [0.4, 0.5) is 0 Å². The van der Waals surface area contributed by atoms with Crippen molar-refractivity contribution in [2.75, 3.05) is 12.3 Å². The molecular weight excluding hydrogens is 232 g/mol. The van der Waals surface area contributed by atoms with Crippen LogP contribution in [0.5, 0.6) is 0 Å². The Kier molecular flexibility index (Phi) is 6.08. The van der Waals surface area contributed by atoms with E-state index >= 15 is 0 Å². The summed E-state index contributed by atoms with van der Waals surface area (Å²) >= 11 is 1.54. The lowest BCUT2D eigenvalue weighted by molar-refractivity contribution is -0.119. The van der Waals surface area contributed by atoms with Gasteiger partial charge in [0.25, 0.3) is 0 Å². The number of nitrogens with one attached hydrogen (secondary N) is 1. The first-order valence-electron chi connectivity index (χ1n) is 5.80. The Labute approximate surface area is 107 Å². The number of hydrogen-bond acceptors (Lipinski definition) is 3. The number of rotatable bonds is 6. The maximum absolute atomic E-state index is 11.7. The summed E-state index contributed by atoms with van der Waals surface area (Å²) in [6, 6.07) is 9.97. The van der Waals surface area contributed by atoms with Gasteiger partial charge in [-0.05, 0) is 18.1 Å². The number of carbonyl (C=O) groups is 1. The molecule has 0 spiro atoms. The van der Waals surface area contributed by atoms with E-state index in [1.54, 1.807) is 0 Å². The molecule has 0 aliphatic heterocycles. The highest BCUT2D eigenvalue weighted by Gasteiger charge is 2.14. The maximum atomic E-state index is 11.7. The molecule has 0 aliphatic rings. The van der Waals surface area contributed by atoms with E-state index in [2.05, 4.69) is 19.2 Å². The molecule has 1 atom stereocenters. The molecule has 1 amide bonds. The first kappa shape index (κ1) is 14.1. The summed E-state index contributed by atoms with van der Waals surface area (Å²) < 4.78 is 0. The summed E-state index contributed by atoms with van der Waals surface area (Å²) in [6.45, 7) is 4.60. The van der Waals surface area contributed by atoms with Crippen LogP contribution < -0.4 is 11.1 Å². The Morgan fingerprint density at radius 2 is 2.00 bits per heavy atom. The molecular formula is C13H20N2OS. The lowest BCUT2D eigenvalue weighted by Gasteiger charge is -2.20. The summed E-state index contributed by atoms with van der Waals surface area (Å²) in [5.41, 5.74) is 5.61. The Morgan fingerprint density at radius 1 is 1.35 bits per heavy atom. The molecule has 0 aliphatic carbocycles. The van der Waals surface area contributed by atoms with Crippen molar-refractivity contribution < 1.29 is 4.79 Å². The van der Waals surface area contributed by atoms with E-state index < -0.39 is 0 Å². The SMILES string of the molecule is CC(C)C(CN)NC(=O)CSc1ccccc1. The van der Waals surface area contributed by atoms with Gasteiger partial charge < -0.3 is 11.1 Å². The van der Waals surface area contributed by atoms with E-state index in [4.69, 9.17) is 5.73 Å². The molecule has 94 valence electrons. The van der Waals surface area contributed by atoms with Gasteiger partial charge in [-0.25, -0.2) is 0 Å². The van der Waals surface area contributed by atoms with Crippen molar-refractivity contribution in [1.82, 2.24) is 5.32 Å². The maximum Gasteiger partial charge on any atom is 0.230 e. The topological polar surface area (TPSA) is 55.1 Å². The first-order chi connectivity index (χ1) is 8.13. The van der Waals surface area contributed by atoms with Crippen molar-refractivity contribution in [2.45, 2.75) is 24.8 Å². The normalized spacial score (nSPS) is 12.5. The van der Waals surface area contributed by atoms with Crippen LogP contribution in [0.2, 0.25) is 0 Å². The van der Waals surface area contributed by atoms with Crippen LogP contribution in [0.1, 0.15) is 13.8 Å². The zero-order valence-electron chi connectivity index (χ0n) is 10.3. The third-order valence-corrected chi connectivity index (χ3v) is 3.53. The summed E-state index contributed by atoms with van der Waals surface area (Å²) in [5, 5.41) is 2.95. The number of carbonyl (C=O) groups excluding carboxylic acids is 1. The van der Waals surface area contributed by atoms with Gasteiger partial charge in [0.2, 0.25) is 5.91 Å². The van der Waals surface area contributed by atoms with Gasteiger partial charge in [-0.3, -0.25) is 4.79 Å². The summed E-state index contributed by atoms with van der Waals surface area (Å²) in [6.07, 6.45) is 0. The van der Waals surface area contributed by atoms with Crippen LogP contribution in [0.25, 0.3) is 0 Å². The molecule has 0 bridgehead atoms. The van der Waals surface area contributed by atoms with Gasteiger partial charge in [0.1, 0.15) is 0 Å². The first-order valence-corrected chi connectivity index (χ1v) is 6.79. The molecule has 1 rings (SSSR count). The van der Waals surface area contributed by atoms with E-state index in [9.17, 15) is 4.79 Å².